The van der Waals surface area contributed by atoms with Crippen LogP contribution in [0.5, 0.6) is 0 Å². The third-order valence-electron chi connectivity index (χ3n) is 2.95. The molecule has 0 bridgehead atoms. The lowest BCUT2D eigenvalue weighted by atomic mass is 10.0. The van der Waals surface area contributed by atoms with Gasteiger partial charge in [-0.1, -0.05) is 37.1 Å². The van der Waals surface area contributed by atoms with Crippen molar-refractivity contribution in [3.05, 3.63) is 52.8 Å². The van der Waals surface area contributed by atoms with E-state index in [0.717, 1.165) is 30.1 Å². The molecule has 0 aliphatic rings. The molecule has 18 heavy (non-hydrogen) atoms. The van der Waals surface area contributed by atoms with Crippen molar-refractivity contribution in [1.82, 2.24) is 15.5 Å². The van der Waals surface area contributed by atoms with Gasteiger partial charge in [-0.3, -0.25) is 5.10 Å². The number of hydrogen-bond acceptors (Lipinski definition) is 2. The van der Waals surface area contributed by atoms with Gasteiger partial charge in [0.2, 0.25) is 0 Å². The quantitative estimate of drug-likeness (QED) is 0.834. The van der Waals surface area contributed by atoms with Crippen LogP contribution in [0.15, 0.2) is 36.5 Å². The van der Waals surface area contributed by atoms with E-state index in [2.05, 4.69) is 34.6 Å². The van der Waals surface area contributed by atoms with Crippen molar-refractivity contribution in [3.8, 4) is 0 Å². The van der Waals surface area contributed by atoms with Crippen LogP contribution in [-0.4, -0.2) is 10.2 Å². The summed E-state index contributed by atoms with van der Waals surface area (Å²) < 4.78 is 0. The van der Waals surface area contributed by atoms with E-state index >= 15 is 0 Å². The summed E-state index contributed by atoms with van der Waals surface area (Å²) in [5, 5.41) is 11.2. The Morgan fingerprint density at radius 2 is 2.06 bits per heavy atom. The van der Waals surface area contributed by atoms with Crippen LogP contribution < -0.4 is 5.32 Å². The zero-order valence-electron chi connectivity index (χ0n) is 10.5. The van der Waals surface area contributed by atoms with Crippen LogP contribution in [-0.2, 0) is 6.54 Å². The maximum atomic E-state index is 5.92. The highest BCUT2D eigenvalue weighted by molar-refractivity contribution is 6.30. The molecule has 0 fully saturated rings. The Labute approximate surface area is 113 Å². The molecule has 1 aromatic carbocycles. The lowest BCUT2D eigenvalue weighted by Gasteiger charge is -2.18. The minimum absolute atomic E-state index is 0.357. The molecule has 0 spiro atoms. The molecule has 1 unspecified atom stereocenters. The number of rotatable bonds is 6. The molecule has 0 saturated heterocycles. The lowest BCUT2D eigenvalue weighted by molar-refractivity contribution is 0.489. The highest BCUT2D eigenvalue weighted by Gasteiger charge is 2.10. The van der Waals surface area contributed by atoms with Crippen molar-refractivity contribution in [2.75, 3.05) is 0 Å². The molecule has 3 nitrogen and oxygen atoms in total. The normalized spacial score (nSPS) is 12.6. The summed E-state index contributed by atoms with van der Waals surface area (Å²) in [6.45, 7) is 2.99. The van der Waals surface area contributed by atoms with E-state index < -0.39 is 0 Å². The Morgan fingerprint density at radius 1 is 1.28 bits per heavy atom. The molecule has 0 radical (unpaired) electrons. The molecule has 0 saturated carbocycles. The van der Waals surface area contributed by atoms with Gasteiger partial charge in [0, 0.05) is 29.5 Å². The monoisotopic (exact) mass is 263 g/mol. The molecule has 0 amide bonds. The number of hydrogen-bond donors (Lipinski definition) is 2. The zero-order chi connectivity index (χ0) is 12.8. The molecular weight excluding hydrogens is 246 g/mol. The Kier molecular flexibility index (Phi) is 4.79. The molecule has 2 aromatic rings. The number of benzene rings is 1. The summed E-state index contributed by atoms with van der Waals surface area (Å²) in [5.74, 6) is 0. The minimum Gasteiger partial charge on any atom is -0.304 e. The van der Waals surface area contributed by atoms with Gasteiger partial charge in [0.25, 0.3) is 0 Å². The number of nitrogens with zero attached hydrogens (tertiary/aromatic N) is 1. The summed E-state index contributed by atoms with van der Waals surface area (Å²) in [6, 6.07) is 10.4. The van der Waals surface area contributed by atoms with Crippen molar-refractivity contribution in [2.45, 2.75) is 32.4 Å². The number of aromatic nitrogens is 2. The Hall–Kier alpha value is -1.32. The van der Waals surface area contributed by atoms with Gasteiger partial charge in [-0.2, -0.15) is 5.10 Å². The van der Waals surface area contributed by atoms with E-state index in [-0.39, 0.29) is 0 Å². The van der Waals surface area contributed by atoms with E-state index in [4.69, 9.17) is 11.6 Å². The van der Waals surface area contributed by atoms with Gasteiger partial charge in [0.15, 0.2) is 0 Å². The predicted octanol–water partition coefficient (Wildman–Crippen LogP) is 3.69. The third-order valence-corrected chi connectivity index (χ3v) is 3.20. The largest absolute Gasteiger partial charge is 0.304 e. The molecule has 1 aromatic heterocycles. The van der Waals surface area contributed by atoms with Gasteiger partial charge in [0.1, 0.15) is 0 Å². The average molecular weight is 264 g/mol. The number of H-pyrrole nitrogens is 1. The third kappa shape index (κ3) is 3.59. The van der Waals surface area contributed by atoms with Crippen LogP contribution in [0.25, 0.3) is 0 Å². The molecule has 2 N–H and O–H groups in total. The summed E-state index contributed by atoms with van der Waals surface area (Å²) in [7, 11) is 0. The predicted molar refractivity (Wildman–Crippen MR) is 74.5 cm³/mol. The summed E-state index contributed by atoms with van der Waals surface area (Å²) in [6.07, 6.45) is 4.02. The Balaban J connectivity index is 2.01. The second kappa shape index (κ2) is 6.57. The van der Waals surface area contributed by atoms with Crippen LogP contribution in [0.2, 0.25) is 5.02 Å². The molecule has 2 rings (SSSR count). The highest BCUT2D eigenvalue weighted by atomic mass is 35.5. The first-order valence-electron chi connectivity index (χ1n) is 6.26. The SMILES string of the molecule is CCCC(NCc1ccn[nH]1)c1ccc(Cl)cc1. The van der Waals surface area contributed by atoms with Gasteiger partial charge in [0.05, 0.1) is 0 Å². The standard InChI is InChI=1S/C14H18ClN3/c1-2-3-14(11-4-6-12(15)7-5-11)16-10-13-8-9-17-18-13/h4-9,14,16H,2-3,10H2,1H3,(H,17,18). The fraction of sp³-hybridized carbons (Fsp3) is 0.357. The summed E-state index contributed by atoms with van der Waals surface area (Å²) >= 11 is 5.92. The van der Waals surface area contributed by atoms with Gasteiger partial charge in [-0.15, -0.1) is 0 Å². The first-order chi connectivity index (χ1) is 8.79. The molecule has 1 atom stereocenters. The average Bonchev–Trinajstić information content (AvgIpc) is 2.89. The summed E-state index contributed by atoms with van der Waals surface area (Å²) in [5.41, 5.74) is 2.38. The van der Waals surface area contributed by atoms with Gasteiger partial charge in [-0.25, -0.2) is 0 Å². The molecule has 1 heterocycles. The maximum absolute atomic E-state index is 5.92. The highest BCUT2D eigenvalue weighted by Crippen LogP contribution is 2.21. The lowest BCUT2D eigenvalue weighted by Crippen LogP contribution is -2.21. The van der Waals surface area contributed by atoms with Crippen LogP contribution >= 0.6 is 11.6 Å². The molecule has 96 valence electrons. The van der Waals surface area contributed by atoms with E-state index in [9.17, 15) is 0 Å². The van der Waals surface area contributed by atoms with Crippen LogP contribution in [0.4, 0.5) is 0 Å². The van der Waals surface area contributed by atoms with Gasteiger partial charge >= 0.3 is 0 Å². The van der Waals surface area contributed by atoms with E-state index in [1.165, 1.54) is 5.56 Å². The van der Waals surface area contributed by atoms with Crippen molar-refractivity contribution in [3.63, 3.8) is 0 Å². The Morgan fingerprint density at radius 3 is 2.67 bits per heavy atom. The Bertz CT molecular complexity index is 450. The minimum atomic E-state index is 0.357. The van der Waals surface area contributed by atoms with Crippen LogP contribution in [0.1, 0.15) is 37.1 Å². The molecule has 0 aliphatic carbocycles. The fourth-order valence-electron chi connectivity index (χ4n) is 1.99. The first kappa shape index (κ1) is 13.1. The van der Waals surface area contributed by atoms with Crippen LogP contribution in [0, 0.1) is 0 Å². The number of nitrogens with one attached hydrogen (secondary N) is 2. The molecular formula is C14H18ClN3. The topological polar surface area (TPSA) is 40.7 Å². The fourth-order valence-corrected chi connectivity index (χ4v) is 2.11. The van der Waals surface area contributed by atoms with Gasteiger partial charge in [-0.05, 0) is 30.2 Å². The summed E-state index contributed by atoms with van der Waals surface area (Å²) in [4.78, 5) is 0. The van der Waals surface area contributed by atoms with E-state index in [1.54, 1.807) is 6.20 Å². The second-order valence-electron chi connectivity index (χ2n) is 4.36. The number of halogens is 1. The first-order valence-corrected chi connectivity index (χ1v) is 6.64. The van der Waals surface area contributed by atoms with Crippen molar-refractivity contribution >= 4 is 11.6 Å². The second-order valence-corrected chi connectivity index (χ2v) is 4.79. The molecule has 0 aliphatic heterocycles. The van der Waals surface area contributed by atoms with Crippen molar-refractivity contribution in [2.24, 2.45) is 0 Å². The van der Waals surface area contributed by atoms with E-state index in [1.807, 2.05) is 18.2 Å². The number of aromatic amines is 1. The van der Waals surface area contributed by atoms with Gasteiger partial charge < -0.3 is 5.32 Å². The van der Waals surface area contributed by atoms with Crippen molar-refractivity contribution in [1.29, 1.82) is 0 Å². The van der Waals surface area contributed by atoms with Crippen LogP contribution in [0.3, 0.4) is 0 Å². The molecule has 4 heteroatoms. The van der Waals surface area contributed by atoms with E-state index in [0.29, 0.717) is 6.04 Å². The van der Waals surface area contributed by atoms with Crippen molar-refractivity contribution < 1.29 is 0 Å². The zero-order valence-corrected chi connectivity index (χ0v) is 11.2. The smallest absolute Gasteiger partial charge is 0.0490 e. The maximum Gasteiger partial charge on any atom is 0.0490 e.